The number of hydrogen-bond donors (Lipinski definition) is 1. The fourth-order valence-corrected chi connectivity index (χ4v) is 1.35. The molecule has 0 aromatic carbocycles. The normalized spacial score (nSPS) is 10.3. The van der Waals surface area contributed by atoms with Crippen molar-refractivity contribution in [1.82, 2.24) is 19.5 Å². The number of nitrogens with zero attached hydrogens (tertiary/aromatic N) is 3. The monoisotopic (exact) mass is 282 g/mol. The van der Waals surface area contributed by atoms with Crippen LogP contribution in [-0.2, 0) is 6.54 Å². The Hall–Kier alpha value is -1.76. The zero-order valence-electron chi connectivity index (χ0n) is 8.05. The minimum absolute atomic E-state index is 0.225. The average Bonchev–Trinajstić information content (AvgIpc) is 2.25. The first-order chi connectivity index (χ1) is 7.65. The van der Waals surface area contributed by atoms with Gasteiger partial charge in [0.25, 0.3) is 5.56 Å². The molecule has 1 N–H and O–H groups in total. The van der Waals surface area contributed by atoms with Crippen LogP contribution in [0.3, 0.4) is 0 Å². The van der Waals surface area contributed by atoms with Gasteiger partial charge < -0.3 is 0 Å². The number of hydrogen-bond acceptors (Lipinski definition) is 4. The van der Waals surface area contributed by atoms with Crippen LogP contribution < -0.4 is 11.2 Å². The van der Waals surface area contributed by atoms with E-state index < -0.39 is 11.2 Å². The van der Waals surface area contributed by atoms with Gasteiger partial charge in [-0.25, -0.2) is 14.8 Å². The molecule has 0 radical (unpaired) electrons. The van der Waals surface area contributed by atoms with Crippen LogP contribution in [0.15, 0.2) is 38.7 Å². The molecule has 2 aromatic heterocycles. The molecule has 0 amide bonds. The van der Waals surface area contributed by atoms with Gasteiger partial charge in [0.05, 0.1) is 11.0 Å². The van der Waals surface area contributed by atoms with E-state index in [-0.39, 0.29) is 6.54 Å². The van der Waals surface area contributed by atoms with Gasteiger partial charge in [0.15, 0.2) is 0 Å². The van der Waals surface area contributed by atoms with E-state index in [9.17, 15) is 9.59 Å². The molecule has 6 nitrogen and oxygen atoms in total. The summed E-state index contributed by atoms with van der Waals surface area (Å²) in [5.74, 6) is 0.498. The molecule has 2 aromatic rings. The Bertz CT molecular complexity index is 602. The van der Waals surface area contributed by atoms with E-state index in [1.807, 2.05) is 0 Å². The molecule has 16 heavy (non-hydrogen) atoms. The lowest BCUT2D eigenvalue weighted by Crippen LogP contribution is -2.29. The van der Waals surface area contributed by atoms with Crippen LogP contribution in [-0.4, -0.2) is 19.5 Å². The molecular formula is C9H7BrN4O2. The van der Waals surface area contributed by atoms with Gasteiger partial charge in [0.1, 0.15) is 5.82 Å². The van der Waals surface area contributed by atoms with Crippen molar-refractivity contribution in [3.63, 3.8) is 0 Å². The van der Waals surface area contributed by atoms with Crippen molar-refractivity contribution in [1.29, 1.82) is 0 Å². The second-order valence-corrected chi connectivity index (χ2v) is 3.97. The topological polar surface area (TPSA) is 80.6 Å². The number of rotatable bonds is 2. The molecule has 2 rings (SSSR count). The van der Waals surface area contributed by atoms with E-state index >= 15 is 0 Å². The van der Waals surface area contributed by atoms with Crippen molar-refractivity contribution < 1.29 is 0 Å². The fraction of sp³-hybridized carbons (Fsp3) is 0.111. The summed E-state index contributed by atoms with van der Waals surface area (Å²) >= 11 is 3.21. The highest BCUT2D eigenvalue weighted by Gasteiger charge is 2.00. The molecule has 0 atom stereocenters. The Morgan fingerprint density at radius 1 is 1.31 bits per heavy atom. The zero-order chi connectivity index (χ0) is 11.5. The summed E-state index contributed by atoms with van der Waals surface area (Å²) in [6, 6.07) is 1.28. The summed E-state index contributed by atoms with van der Waals surface area (Å²) in [5, 5.41) is 0. The molecular weight excluding hydrogens is 276 g/mol. The Kier molecular flexibility index (Phi) is 2.95. The van der Waals surface area contributed by atoms with Gasteiger partial charge in [0, 0.05) is 24.7 Å². The second kappa shape index (κ2) is 4.40. The van der Waals surface area contributed by atoms with Gasteiger partial charge in [-0.3, -0.25) is 14.3 Å². The van der Waals surface area contributed by atoms with Gasteiger partial charge in [-0.05, 0) is 15.9 Å². The number of halogens is 1. The molecule has 0 fully saturated rings. The maximum absolute atomic E-state index is 11.4. The largest absolute Gasteiger partial charge is 0.328 e. The first kappa shape index (κ1) is 10.7. The SMILES string of the molecule is O=c1ccn(Cc2ncc(Br)cn2)c(=O)[nH]1. The number of aromatic nitrogens is 4. The van der Waals surface area contributed by atoms with Gasteiger partial charge in [-0.2, -0.15) is 0 Å². The van der Waals surface area contributed by atoms with Crippen LogP contribution in [0.5, 0.6) is 0 Å². The predicted molar refractivity (Wildman–Crippen MR) is 60.2 cm³/mol. The molecule has 0 aliphatic heterocycles. The first-order valence-corrected chi connectivity index (χ1v) is 5.20. The second-order valence-electron chi connectivity index (χ2n) is 3.06. The first-order valence-electron chi connectivity index (χ1n) is 4.41. The highest BCUT2D eigenvalue weighted by Crippen LogP contribution is 2.04. The molecule has 0 bridgehead atoms. The minimum Gasteiger partial charge on any atom is -0.293 e. The van der Waals surface area contributed by atoms with Gasteiger partial charge in [-0.15, -0.1) is 0 Å². The Labute approximate surface area is 98.1 Å². The molecule has 0 saturated heterocycles. The molecule has 2 heterocycles. The Morgan fingerprint density at radius 2 is 2.00 bits per heavy atom. The third-order valence-electron chi connectivity index (χ3n) is 1.88. The van der Waals surface area contributed by atoms with Crippen LogP contribution in [0, 0.1) is 0 Å². The third kappa shape index (κ3) is 2.43. The molecule has 0 aliphatic rings. The van der Waals surface area contributed by atoms with E-state index in [4.69, 9.17) is 0 Å². The molecule has 0 aliphatic carbocycles. The lowest BCUT2D eigenvalue weighted by molar-refractivity contribution is 0.684. The maximum atomic E-state index is 11.4. The summed E-state index contributed by atoms with van der Waals surface area (Å²) in [6.45, 7) is 0.225. The summed E-state index contributed by atoms with van der Waals surface area (Å²) < 4.78 is 2.09. The van der Waals surface area contributed by atoms with Crippen molar-refractivity contribution in [2.75, 3.05) is 0 Å². The van der Waals surface area contributed by atoms with Crippen LogP contribution in [0.25, 0.3) is 0 Å². The van der Waals surface area contributed by atoms with Crippen LogP contribution in [0.1, 0.15) is 5.82 Å². The van der Waals surface area contributed by atoms with E-state index in [1.54, 1.807) is 12.4 Å². The number of aromatic amines is 1. The standard InChI is InChI=1S/C9H7BrN4O2/c10-6-3-11-7(12-4-6)5-14-2-1-8(15)13-9(14)16/h1-4H,5H2,(H,13,15,16). The summed E-state index contributed by atoms with van der Waals surface area (Å²) in [4.78, 5) is 32.4. The maximum Gasteiger partial charge on any atom is 0.328 e. The van der Waals surface area contributed by atoms with E-state index in [2.05, 4.69) is 30.9 Å². The Balaban J connectivity index is 2.30. The minimum atomic E-state index is -0.473. The highest BCUT2D eigenvalue weighted by atomic mass is 79.9. The summed E-state index contributed by atoms with van der Waals surface area (Å²) in [5.41, 5.74) is -0.892. The number of nitrogens with one attached hydrogen (secondary N) is 1. The van der Waals surface area contributed by atoms with Crippen molar-refractivity contribution in [2.24, 2.45) is 0 Å². The smallest absolute Gasteiger partial charge is 0.293 e. The van der Waals surface area contributed by atoms with E-state index in [0.29, 0.717) is 5.82 Å². The summed E-state index contributed by atoms with van der Waals surface area (Å²) in [7, 11) is 0. The highest BCUT2D eigenvalue weighted by molar-refractivity contribution is 9.10. The number of H-pyrrole nitrogens is 1. The predicted octanol–water partition coefficient (Wildman–Crippen LogP) is 0.137. The van der Waals surface area contributed by atoms with E-state index in [1.165, 1.54) is 16.8 Å². The van der Waals surface area contributed by atoms with Crippen molar-refractivity contribution in [3.8, 4) is 0 Å². The Morgan fingerprint density at radius 3 is 2.62 bits per heavy atom. The lowest BCUT2D eigenvalue weighted by Gasteiger charge is -2.02. The van der Waals surface area contributed by atoms with Crippen molar-refractivity contribution in [2.45, 2.75) is 6.54 Å². The van der Waals surface area contributed by atoms with Crippen LogP contribution in [0.4, 0.5) is 0 Å². The summed E-state index contributed by atoms with van der Waals surface area (Å²) in [6.07, 6.45) is 4.60. The molecule has 0 spiro atoms. The fourth-order valence-electron chi connectivity index (χ4n) is 1.14. The quantitative estimate of drug-likeness (QED) is 0.850. The average molecular weight is 283 g/mol. The van der Waals surface area contributed by atoms with Crippen LogP contribution >= 0.6 is 15.9 Å². The molecule has 0 unspecified atom stereocenters. The third-order valence-corrected chi connectivity index (χ3v) is 2.29. The van der Waals surface area contributed by atoms with Gasteiger partial charge in [0.2, 0.25) is 0 Å². The van der Waals surface area contributed by atoms with Crippen molar-refractivity contribution in [3.05, 3.63) is 55.8 Å². The molecule has 82 valence electrons. The van der Waals surface area contributed by atoms with Gasteiger partial charge in [-0.1, -0.05) is 0 Å². The van der Waals surface area contributed by atoms with Crippen molar-refractivity contribution >= 4 is 15.9 Å². The van der Waals surface area contributed by atoms with Gasteiger partial charge >= 0.3 is 5.69 Å². The zero-order valence-corrected chi connectivity index (χ0v) is 9.64. The van der Waals surface area contributed by atoms with E-state index in [0.717, 1.165) is 4.47 Å². The molecule has 0 saturated carbocycles. The molecule has 7 heteroatoms. The van der Waals surface area contributed by atoms with Crippen LogP contribution in [0.2, 0.25) is 0 Å². The lowest BCUT2D eigenvalue weighted by atomic mass is 10.5.